The molecule has 0 bridgehead atoms. The highest BCUT2D eigenvalue weighted by Gasteiger charge is 2.20. The van der Waals surface area contributed by atoms with E-state index in [1.54, 1.807) is 0 Å². The maximum atomic E-state index is 5.15. The first-order chi connectivity index (χ1) is 19.2. The summed E-state index contributed by atoms with van der Waals surface area (Å²) in [5, 5.41) is 0. The minimum Gasteiger partial charge on any atom is -0.292 e. The van der Waals surface area contributed by atoms with Gasteiger partial charge in [0.15, 0.2) is 0 Å². The van der Waals surface area contributed by atoms with Gasteiger partial charge in [0, 0.05) is 22.5 Å². The normalized spacial score (nSPS) is 11.6. The zero-order valence-corrected chi connectivity index (χ0v) is 22.0. The molecule has 0 unspecified atom stereocenters. The van der Waals surface area contributed by atoms with Crippen LogP contribution in [0.25, 0.3) is 56.2 Å². The average molecular weight is 505 g/mol. The molecule has 0 atom stereocenters. The zero-order chi connectivity index (χ0) is 26.3. The Morgan fingerprint density at radius 3 is 1.33 bits per heavy atom. The Labute approximate surface area is 227 Å². The summed E-state index contributed by atoms with van der Waals surface area (Å²) in [5.74, 6) is 2.19. The van der Waals surface area contributed by atoms with Gasteiger partial charge in [-0.15, -0.1) is 0 Å². The molecule has 188 valence electrons. The van der Waals surface area contributed by atoms with Crippen LogP contribution in [0.4, 0.5) is 0 Å². The average Bonchev–Trinajstić information content (AvgIpc) is 3.57. The predicted molar refractivity (Wildman–Crippen MR) is 161 cm³/mol. The number of benzene rings is 5. The fourth-order valence-corrected chi connectivity index (χ4v) is 5.36. The van der Waals surface area contributed by atoms with E-state index in [2.05, 4.69) is 126 Å². The monoisotopic (exact) mass is 504 g/mol. The molecule has 0 fully saturated rings. The molecule has 2 aromatic heterocycles. The molecule has 0 saturated heterocycles. The Balaban J connectivity index is 1.52. The van der Waals surface area contributed by atoms with Crippen LogP contribution in [0, 0.1) is 0 Å². The number of hydrogen-bond donors (Lipinski definition) is 0. The molecule has 0 aliphatic rings. The van der Waals surface area contributed by atoms with Crippen molar-refractivity contribution in [3.05, 3.63) is 133 Å². The molecule has 4 heteroatoms. The van der Waals surface area contributed by atoms with Crippen LogP contribution >= 0.6 is 0 Å². The minimum absolute atomic E-state index is 0.341. The van der Waals surface area contributed by atoms with Crippen LogP contribution in [0.2, 0.25) is 0 Å². The van der Waals surface area contributed by atoms with Crippen molar-refractivity contribution in [2.45, 2.75) is 19.8 Å². The fraction of sp³-hybridized carbons (Fsp3) is 0.0857. The maximum absolute atomic E-state index is 5.15. The van der Waals surface area contributed by atoms with Gasteiger partial charge in [-0.2, -0.15) is 0 Å². The van der Waals surface area contributed by atoms with Crippen LogP contribution in [-0.2, 0) is 0 Å². The van der Waals surface area contributed by atoms with Crippen molar-refractivity contribution in [1.29, 1.82) is 0 Å². The van der Waals surface area contributed by atoms with Crippen LogP contribution in [0.3, 0.4) is 0 Å². The van der Waals surface area contributed by atoms with Crippen molar-refractivity contribution >= 4 is 22.1 Å². The Hall–Kier alpha value is -4.96. The largest absolute Gasteiger partial charge is 0.292 e. The molecule has 2 heterocycles. The van der Waals surface area contributed by atoms with Gasteiger partial charge in [-0.05, 0) is 78.2 Å². The summed E-state index contributed by atoms with van der Waals surface area (Å²) in [6.07, 6.45) is 0. The maximum Gasteiger partial charge on any atom is 0.145 e. The summed E-state index contributed by atoms with van der Waals surface area (Å²) >= 11 is 0. The number of nitrogens with zero attached hydrogens (tertiary/aromatic N) is 4. The van der Waals surface area contributed by atoms with E-state index in [4.69, 9.17) is 9.97 Å². The number of fused-ring (bicyclic) bond motifs is 2. The SMILES string of the molecule is CC(C)c1cc(-c2nc3ccccc3n2-c2ccccc2)cc(-c2nc3ccccc3n2-c2ccccc2)c1. The van der Waals surface area contributed by atoms with Crippen LogP contribution in [0.5, 0.6) is 0 Å². The number of rotatable bonds is 5. The van der Waals surface area contributed by atoms with Gasteiger partial charge in [-0.1, -0.05) is 74.5 Å². The second-order valence-electron chi connectivity index (χ2n) is 10.2. The molecule has 0 N–H and O–H groups in total. The summed E-state index contributed by atoms with van der Waals surface area (Å²) in [4.78, 5) is 10.3. The van der Waals surface area contributed by atoms with E-state index in [0.29, 0.717) is 5.92 Å². The summed E-state index contributed by atoms with van der Waals surface area (Å²) < 4.78 is 4.53. The fourth-order valence-electron chi connectivity index (χ4n) is 5.36. The lowest BCUT2D eigenvalue weighted by atomic mass is 9.97. The molecule has 0 amide bonds. The molecule has 0 aliphatic heterocycles. The van der Waals surface area contributed by atoms with E-state index in [1.165, 1.54) is 5.56 Å². The lowest BCUT2D eigenvalue weighted by Gasteiger charge is -2.15. The van der Waals surface area contributed by atoms with E-state index in [-0.39, 0.29) is 0 Å². The van der Waals surface area contributed by atoms with Crippen LogP contribution in [0.15, 0.2) is 127 Å². The van der Waals surface area contributed by atoms with Crippen molar-refractivity contribution in [2.75, 3.05) is 0 Å². The third kappa shape index (κ3) is 4.02. The molecule has 39 heavy (non-hydrogen) atoms. The van der Waals surface area contributed by atoms with Crippen molar-refractivity contribution in [3.63, 3.8) is 0 Å². The van der Waals surface area contributed by atoms with E-state index in [1.807, 2.05) is 24.3 Å². The predicted octanol–water partition coefficient (Wildman–Crippen LogP) is 8.82. The smallest absolute Gasteiger partial charge is 0.145 e. The van der Waals surface area contributed by atoms with Crippen molar-refractivity contribution < 1.29 is 0 Å². The molecule has 0 spiro atoms. The topological polar surface area (TPSA) is 35.6 Å². The highest BCUT2D eigenvalue weighted by Crippen LogP contribution is 2.36. The van der Waals surface area contributed by atoms with E-state index >= 15 is 0 Å². The zero-order valence-electron chi connectivity index (χ0n) is 22.0. The quantitative estimate of drug-likeness (QED) is 0.235. The summed E-state index contributed by atoms with van der Waals surface area (Å²) in [6.45, 7) is 4.48. The first-order valence-corrected chi connectivity index (χ1v) is 13.4. The van der Waals surface area contributed by atoms with Gasteiger partial charge >= 0.3 is 0 Å². The van der Waals surface area contributed by atoms with Crippen LogP contribution in [0.1, 0.15) is 25.3 Å². The molecule has 4 nitrogen and oxygen atoms in total. The van der Waals surface area contributed by atoms with Gasteiger partial charge in [0.05, 0.1) is 22.1 Å². The van der Waals surface area contributed by atoms with E-state index < -0.39 is 0 Å². The van der Waals surface area contributed by atoms with Crippen molar-refractivity contribution in [1.82, 2.24) is 19.1 Å². The molecular formula is C35H28N4. The first-order valence-electron chi connectivity index (χ1n) is 13.4. The second-order valence-corrected chi connectivity index (χ2v) is 10.2. The number of para-hydroxylation sites is 6. The lowest BCUT2D eigenvalue weighted by molar-refractivity contribution is 0.866. The molecule has 7 rings (SSSR count). The third-order valence-corrected chi connectivity index (χ3v) is 7.29. The van der Waals surface area contributed by atoms with Gasteiger partial charge in [-0.3, -0.25) is 9.13 Å². The summed E-state index contributed by atoms with van der Waals surface area (Å²) in [5.41, 5.74) is 9.71. The van der Waals surface area contributed by atoms with Crippen molar-refractivity contribution in [3.8, 4) is 34.2 Å². The Morgan fingerprint density at radius 2 is 0.897 bits per heavy atom. The number of aromatic nitrogens is 4. The second kappa shape index (κ2) is 9.41. The first kappa shape index (κ1) is 23.2. The summed E-state index contributed by atoms with van der Waals surface area (Å²) in [6, 6.07) is 44.5. The molecule has 0 radical (unpaired) electrons. The minimum atomic E-state index is 0.341. The molecule has 7 aromatic rings. The van der Waals surface area contributed by atoms with E-state index in [0.717, 1.165) is 56.2 Å². The Morgan fingerprint density at radius 1 is 0.487 bits per heavy atom. The standard InChI is InChI=1S/C35H28N4/c1-24(2)25-21-26(34-36-30-17-9-11-19-32(30)38(34)28-13-5-3-6-14-28)23-27(22-25)35-37-31-18-10-12-20-33(31)39(35)29-15-7-4-8-16-29/h3-24H,1-2H3. The van der Waals surface area contributed by atoms with Gasteiger partial charge in [0.25, 0.3) is 0 Å². The van der Waals surface area contributed by atoms with Gasteiger partial charge in [-0.25, -0.2) is 9.97 Å². The highest BCUT2D eigenvalue weighted by atomic mass is 15.1. The van der Waals surface area contributed by atoms with Crippen LogP contribution in [-0.4, -0.2) is 19.1 Å². The lowest BCUT2D eigenvalue weighted by Crippen LogP contribution is -2.01. The van der Waals surface area contributed by atoms with Crippen LogP contribution < -0.4 is 0 Å². The van der Waals surface area contributed by atoms with Gasteiger partial charge in [0.1, 0.15) is 11.6 Å². The summed E-state index contributed by atoms with van der Waals surface area (Å²) in [7, 11) is 0. The van der Waals surface area contributed by atoms with Crippen molar-refractivity contribution in [2.24, 2.45) is 0 Å². The van der Waals surface area contributed by atoms with Gasteiger partial charge < -0.3 is 0 Å². The number of hydrogen-bond acceptors (Lipinski definition) is 2. The highest BCUT2D eigenvalue weighted by molar-refractivity contribution is 5.86. The number of imidazole rings is 2. The Kier molecular flexibility index (Phi) is 5.59. The molecule has 0 saturated carbocycles. The molecular weight excluding hydrogens is 476 g/mol. The Bertz CT molecular complexity index is 1790. The third-order valence-electron chi connectivity index (χ3n) is 7.29. The van der Waals surface area contributed by atoms with Gasteiger partial charge in [0.2, 0.25) is 0 Å². The molecule has 5 aromatic carbocycles. The molecule has 0 aliphatic carbocycles. The van der Waals surface area contributed by atoms with E-state index in [9.17, 15) is 0 Å².